The third-order valence-corrected chi connectivity index (χ3v) is 10.5. The van der Waals surface area contributed by atoms with Gasteiger partial charge in [-0.3, -0.25) is 14.0 Å². The first-order chi connectivity index (χ1) is 27.0. The summed E-state index contributed by atoms with van der Waals surface area (Å²) in [7, 11) is -1.28. The summed E-state index contributed by atoms with van der Waals surface area (Å²) in [5.74, 6) is 0.417. The molecule has 56 heavy (non-hydrogen) atoms. The number of hydrogen-bond acceptors (Lipinski definition) is 10. The van der Waals surface area contributed by atoms with E-state index in [0.29, 0.717) is 63.6 Å². The summed E-state index contributed by atoms with van der Waals surface area (Å²) >= 11 is 6.74. The van der Waals surface area contributed by atoms with Gasteiger partial charge >= 0.3 is 5.97 Å². The lowest BCUT2D eigenvalue weighted by atomic mass is 9.89. The van der Waals surface area contributed by atoms with Crippen LogP contribution in [0.4, 0.5) is 0 Å². The molecule has 292 valence electrons. The molecule has 1 aromatic heterocycles. The highest BCUT2D eigenvalue weighted by atomic mass is 35.5. The van der Waals surface area contributed by atoms with Gasteiger partial charge < -0.3 is 35.1 Å². The first-order valence-electron chi connectivity index (χ1n) is 18.0. The van der Waals surface area contributed by atoms with Gasteiger partial charge in [0.25, 0.3) is 0 Å². The molecule has 0 aliphatic rings. The Morgan fingerprint density at radius 2 is 1.62 bits per heavy atom. The van der Waals surface area contributed by atoms with E-state index in [0.717, 1.165) is 38.9 Å². The van der Waals surface area contributed by atoms with Gasteiger partial charge in [-0.1, -0.05) is 54.1 Å². The summed E-state index contributed by atoms with van der Waals surface area (Å²) in [6.07, 6.45) is 4.73. The Hall–Kier alpha value is -5.29. The van der Waals surface area contributed by atoms with Crippen molar-refractivity contribution < 1.29 is 33.4 Å². The van der Waals surface area contributed by atoms with Gasteiger partial charge in [0.2, 0.25) is 0 Å². The third kappa shape index (κ3) is 10.7. The van der Waals surface area contributed by atoms with Crippen LogP contribution in [0.15, 0.2) is 90.1 Å². The highest BCUT2D eigenvalue weighted by Gasteiger charge is 2.18. The van der Waals surface area contributed by atoms with E-state index < -0.39 is 22.8 Å². The molecule has 0 radical (unpaired) electrons. The van der Waals surface area contributed by atoms with Crippen LogP contribution in [-0.2, 0) is 35.4 Å². The molecule has 4 aromatic carbocycles. The zero-order valence-electron chi connectivity index (χ0n) is 31.7. The standard InChI is InChI=1S/C43H45ClN4O7S/c1-27-33(26-55-41-20-40(54-25-31-17-30(21-45)22-47-23-31)34(18-38(41)44)24-48-29(3)43(50)51)7-5-9-36(27)37-10-6-8-35(28(37)2)32-11-12-39(42(19-32)56(4)52)53-16-14-46-13-15-49/h5-12,17-20,22-23,29,46,48-49H,13-16,24-26H2,1-4H3,(H,50,51). The van der Waals surface area contributed by atoms with Crippen LogP contribution in [0.3, 0.4) is 0 Å². The lowest BCUT2D eigenvalue weighted by Gasteiger charge is -2.19. The number of nitriles is 1. The first kappa shape index (κ1) is 41.9. The van der Waals surface area contributed by atoms with Crippen LogP contribution < -0.4 is 24.8 Å². The molecular formula is C43H45ClN4O7S. The van der Waals surface area contributed by atoms with E-state index in [1.165, 1.54) is 6.20 Å². The molecule has 0 aliphatic heterocycles. The van der Waals surface area contributed by atoms with E-state index in [1.807, 2.05) is 36.4 Å². The van der Waals surface area contributed by atoms with Crippen LogP contribution in [0.2, 0.25) is 5.02 Å². The fraction of sp³-hybridized carbons (Fsp3) is 0.279. The molecule has 5 rings (SSSR count). The molecular weight excluding hydrogens is 752 g/mol. The number of aliphatic hydroxyl groups excluding tert-OH is 1. The van der Waals surface area contributed by atoms with Crippen molar-refractivity contribution in [3.8, 4) is 45.6 Å². The van der Waals surface area contributed by atoms with Gasteiger partial charge in [-0.15, -0.1) is 0 Å². The Morgan fingerprint density at radius 3 is 2.36 bits per heavy atom. The normalized spacial score (nSPS) is 12.1. The van der Waals surface area contributed by atoms with Gasteiger partial charge in [0.05, 0.1) is 32.9 Å². The summed E-state index contributed by atoms with van der Waals surface area (Å²) < 4.78 is 31.2. The van der Waals surface area contributed by atoms with Crippen molar-refractivity contribution in [3.05, 3.63) is 124 Å². The second kappa shape index (κ2) is 20.0. The predicted molar refractivity (Wildman–Crippen MR) is 218 cm³/mol. The quantitative estimate of drug-likeness (QED) is 0.0638. The van der Waals surface area contributed by atoms with E-state index in [-0.39, 0.29) is 26.4 Å². The molecule has 0 saturated carbocycles. The van der Waals surface area contributed by atoms with Crippen LogP contribution in [0.1, 0.15) is 40.3 Å². The topological polar surface area (TPSA) is 163 Å². The maximum Gasteiger partial charge on any atom is 0.320 e. The van der Waals surface area contributed by atoms with E-state index >= 15 is 0 Å². The number of ether oxygens (including phenoxy) is 3. The van der Waals surface area contributed by atoms with Crippen molar-refractivity contribution in [2.45, 2.75) is 51.5 Å². The first-order valence-corrected chi connectivity index (χ1v) is 19.9. The molecule has 4 N–H and O–H groups in total. The Labute approximate surface area is 334 Å². The molecule has 11 nitrogen and oxygen atoms in total. The number of carboxylic acid groups (broad SMARTS) is 1. The molecule has 0 saturated heterocycles. The number of carbonyl (C=O) groups is 1. The Bertz CT molecular complexity index is 2240. The average Bonchev–Trinajstić information content (AvgIpc) is 3.19. The summed E-state index contributed by atoms with van der Waals surface area (Å²) in [6, 6.07) is 24.3. The van der Waals surface area contributed by atoms with Crippen molar-refractivity contribution in [2.24, 2.45) is 0 Å². The number of aliphatic hydroxyl groups is 1. The van der Waals surface area contributed by atoms with Crippen molar-refractivity contribution >= 4 is 28.4 Å². The average molecular weight is 797 g/mol. The number of nitrogens with one attached hydrogen (secondary N) is 2. The molecule has 0 amide bonds. The number of pyridine rings is 1. The molecule has 0 aliphatic carbocycles. The minimum atomic E-state index is -1.28. The fourth-order valence-corrected chi connectivity index (χ4v) is 7.03. The summed E-state index contributed by atoms with van der Waals surface area (Å²) in [5.41, 5.74) is 8.80. The molecule has 0 fully saturated rings. The molecule has 0 spiro atoms. The Balaban J connectivity index is 1.38. The number of rotatable bonds is 19. The largest absolute Gasteiger partial charge is 0.491 e. The van der Waals surface area contributed by atoms with Crippen LogP contribution >= 0.6 is 11.6 Å². The number of halogens is 1. The lowest BCUT2D eigenvalue weighted by molar-refractivity contribution is -0.139. The monoisotopic (exact) mass is 796 g/mol. The summed E-state index contributed by atoms with van der Waals surface area (Å²) in [6.45, 7) is 7.66. The number of aromatic nitrogens is 1. The van der Waals surface area contributed by atoms with Crippen molar-refractivity contribution in [3.63, 3.8) is 0 Å². The van der Waals surface area contributed by atoms with Gasteiger partial charge in [-0.25, -0.2) is 0 Å². The van der Waals surface area contributed by atoms with E-state index in [2.05, 4.69) is 53.7 Å². The molecule has 2 atom stereocenters. The smallest absolute Gasteiger partial charge is 0.320 e. The van der Waals surface area contributed by atoms with E-state index in [1.54, 1.807) is 37.6 Å². The van der Waals surface area contributed by atoms with Crippen molar-refractivity contribution in [2.75, 3.05) is 32.6 Å². The van der Waals surface area contributed by atoms with Crippen LogP contribution in [0.25, 0.3) is 22.3 Å². The second-order valence-electron chi connectivity index (χ2n) is 13.1. The Kier molecular flexibility index (Phi) is 15.0. The maximum absolute atomic E-state index is 12.8. The van der Waals surface area contributed by atoms with Gasteiger partial charge in [0.15, 0.2) is 0 Å². The van der Waals surface area contributed by atoms with Crippen molar-refractivity contribution in [1.82, 2.24) is 15.6 Å². The number of benzene rings is 4. The van der Waals surface area contributed by atoms with Gasteiger partial charge in [0, 0.05) is 55.5 Å². The zero-order chi connectivity index (χ0) is 40.2. The predicted octanol–water partition coefficient (Wildman–Crippen LogP) is 6.98. The Morgan fingerprint density at radius 1 is 0.893 bits per heavy atom. The van der Waals surface area contributed by atoms with E-state index in [9.17, 15) is 19.4 Å². The SMILES string of the molecule is Cc1c(COc2cc(OCc3cncc(C#N)c3)c(CNC(C)C(=O)O)cc2Cl)cccc1-c1cccc(-c2ccc(OCCNCCO)c(S(C)=O)c2)c1C. The molecule has 0 bridgehead atoms. The third-order valence-electron chi connectivity index (χ3n) is 9.24. The van der Waals surface area contributed by atoms with Gasteiger partial charge in [-0.2, -0.15) is 5.26 Å². The molecule has 13 heteroatoms. The highest BCUT2D eigenvalue weighted by molar-refractivity contribution is 7.84. The highest BCUT2D eigenvalue weighted by Crippen LogP contribution is 2.38. The van der Waals surface area contributed by atoms with Gasteiger partial charge in [-0.05, 0) is 84.0 Å². The maximum atomic E-state index is 12.8. The minimum absolute atomic E-state index is 0.0498. The number of hydrogen-bond donors (Lipinski definition) is 4. The van der Waals surface area contributed by atoms with Crippen LogP contribution in [0.5, 0.6) is 17.2 Å². The van der Waals surface area contributed by atoms with Crippen LogP contribution in [-0.4, -0.2) is 64.0 Å². The zero-order valence-corrected chi connectivity index (χ0v) is 33.3. The minimum Gasteiger partial charge on any atom is -0.491 e. The fourth-order valence-electron chi connectivity index (χ4n) is 6.08. The second-order valence-corrected chi connectivity index (χ2v) is 14.9. The summed E-state index contributed by atoms with van der Waals surface area (Å²) in [4.78, 5) is 16.2. The lowest BCUT2D eigenvalue weighted by Crippen LogP contribution is -2.33. The molecule has 5 aromatic rings. The van der Waals surface area contributed by atoms with Crippen molar-refractivity contribution in [1.29, 1.82) is 5.26 Å². The molecule has 2 unspecified atom stereocenters. The number of carboxylic acids is 1. The molecule has 1 heterocycles. The van der Waals surface area contributed by atoms with E-state index in [4.69, 9.17) is 30.9 Å². The number of nitrogens with zero attached hydrogens (tertiary/aromatic N) is 2. The van der Waals surface area contributed by atoms with Gasteiger partial charge in [0.1, 0.15) is 49.2 Å². The number of aliphatic carboxylic acids is 1. The summed E-state index contributed by atoms with van der Waals surface area (Å²) in [5, 5.41) is 34.0. The van der Waals surface area contributed by atoms with Crippen LogP contribution in [0, 0.1) is 25.2 Å².